The molecule has 0 radical (unpaired) electrons. The van der Waals surface area contributed by atoms with Gasteiger partial charge in [-0.25, -0.2) is 0 Å². The molecule has 1 amide bonds. The molecule has 1 atom stereocenters. The van der Waals surface area contributed by atoms with Gasteiger partial charge in [0.15, 0.2) is 0 Å². The SMILES string of the molecule is CC1(C(N)=O)CCN(Cc2cc(N)cc(Br)c2)C1. The number of carbonyl (C=O) groups excluding carboxylic acids is 1. The summed E-state index contributed by atoms with van der Waals surface area (Å²) < 4.78 is 0.981. The number of nitrogen functional groups attached to an aromatic ring is 1. The summed E-state index contributed by atoms with van der Waals surface area (Å²) in [6.07, 6.45) is 0.825. The lowest BCUT2D eigenvalue weighted by molar-refractivity contribution is -0.126. The number of likely N-dealkylation sites (tertiary alicyclic amines) is 1. The Labute approximate surface area is 115 Å². The zero-order valence-corrected chi connectivity index (χ0v) is 12.0. The number of anilines is 1. The lowest BCUT2D eigenvalue weighted by Gasteiger charge is -2.21. The van der Waals surface area contributed by atoms with Gasteiger partial charge >= 0.3 is 0 Å². The van der Waals surface area contributed by atoms with Crippen molar-refractivity contribution in [1.82, 2.24) is 4.90 Å². The fraction of sp³-hybridized carbons (Fsp3) is 0.462. The van der Waals surface area contributed by atoms with Gasteiger partial charge in [-0.15, -0.1) is 0 Å². The van der Waals surface area contributed by atoms with E-state index in [0.29, 0.717) is 0 Å². The minimum atomic E-state index is -0.391. The second-order valence-corrected chi connectivity index (χ2v) is 6.19. The summed E-state index contributed by atoms with van der Waals surface area (Å²) in [6.45, 7) is 4.34. The largest absolute Gasteiger partial charge is 0.399 e. The highest BCUT2D eigenvalue weighted by Gasteiger charge is 2.38. The number of amides is 1. The van der Waals surface area contributed by atoms with Crippen molar-refractivity contribution in [2.75, 3.05) is 18.8 Å². The summed E-state index contributed by atoms with van der Waals surface area (Å²) in [7, 11) is 0. The minimum absolute atomic E-state index is 0.209. The molecule has 2 rings (SSSR count). The van der Waals surface area contributed by atoms with Crippen molar-refractivity contribution in [3.8, 4) is 0 Å². The molecule has 0 spiro atoms. The molecule has 1 aliphatic heterocycles. The number of hydrogen-bond donors (Lipinski definition) is 2. The Morgan fingerprint density at radius 3 is 2.78 bits per heavy atom. The lowest BCUT2D eigenvalue weighted by atomic mass is 9.89. The van der Waals surface area contributed by atoms with Crippen LogP contribution in [0.15, 0.2) is 22.7 Å². The Morgan fingerprint density at radius 2 is 2.22 bits per heavy atom. The van der Waals surface area contributed by atoms with Crippen LogP contribution in [0.4, 0.5) is 5.69 Å². The normalized spacial score (nSPS) is 24.3. The molecule has 1 aromatic carbocycles. The van der Waals surface area contributed by atoms with E-state index >= 15 is 0 Å². The number of hydrogen-bond acceptors (Lipinski definition) is 3. The molecule has 1 fully saturated rings. The van der Waals surface area contributed by atoms with Crippen LogP contribution >= 0.6 is 15.9 Å². The van der Waals surface area contributed by atoms with Gasteiger partial charge in [0.2, 0.25) is 5.91 Å². The molecule has 1 aromatic rings. The third-order valence-electron chi connectivity index (χ3n) is 3.53. The van der Waals surface area contributed by atoms with Crippen LogP contribution in [0.2, 0.25) is 0 Å². The van der Waals surface area contributed by atoms with E-state index in [1.165, 1.54) is 0 Å². The van der Waals surface area contributed by atoms with Gasteiger partial charge < -0.3 is 11.5 Å². The van der Waals surface area contributed by atoms with E-state index in [-0.39, 0.29) is 5.91 Å². The van der Waals surface area contributed by atoms with Crippen LogP contribution in [0, 0.1) is 5.41 Å². The summed E-state index contributed by atoms with van der Waals surface area (Å²) in [5, 5.41) is 0. The third-order valence-corrected chi connectivity index (χ3v) is 3.99. The Morgan fingerprint density at radius 1 is 1.50 bits per heavy atom. The lowest BCUT2D eigenvalue weighted by Crippen LogP contribution is -2.36. The smallest absolute Gasteiger partial charge is 0.224 e. The molecule has 1 unspecified atom stereocenters. The minimum Gasteiger partial charge on any atom is -0.399 e. The average Bonchev–Trinajstić information content (AvgIpc) is 2.60. The van der Waals surface area contributed by atoms with Crippen molar-refractivity contribution in [3.05, 3.63) is 28.2 Å². The summed E-state index contributed by atoms with van der Waals surface area (Å²) in [4.78, 5) is 13.6. The second-order valence-electron chi connectivity index (χ2n) is 5.28. The quantitative estimate of drug-likeness (QED) is 0.835. The zero-order chi connectivity index (χ0) is 13.3. The van der Waals surface area contributed by atoms with Crippen LogP contribution in [0.25, 0.3) is 0 Å². The number of nitrogens with zero attached hydrogens (tertiary/aromatic N) is 1. The Balaban J connectivity index is 2.06. The summed E-state index contributed by atoms with van der Waals surface area (Å²) in [5.74, 6) is -0.209. The molecule has 4 N–H and O–H groups in total. The van der Waals surface area contributed by atoms with E-state index in [2.05, 4.69) is 26.9 Å². The highest BCUT2D eigenvalue weighted by atomic mass is 79.9. The van der Waals surface area contributed by atoms with Crippen molar-refractivity contribution in [2.24, 2.45) is 11.1 Å². The van der Waals surface area contributed by atoms with Gasteiger partial charge in [-0.05, 0) is 43.7 Å². The van der Waals surface area contributed by atoms with Crippen molar-refractivity contribution < 1.29 is 4.79 Å². The zero-order valence-electron chi connectivity index (χ0n) is 10.4. The van der Waals surface area contributed by atoms with E-state index < -0.39 is 5.41 Å². The van der Waals surface area contributed by atoms with Crippen LogP contribution in [-0.2, 0) is 11.3 Å². The molecule has 1 aliphatic rings. The van der Waals surface area contributed by atoms with Crippen LogP contribution in [-0.4, -0.2) is 23.9 Å². The van der Waals surface area contributed by atoms with Crippen LogP contribution in [0.3, 0.4) is 0 Å². The highest BCUT2D eigenvalue weighted by Crippen LogP contribution is 2.30. The van der Waals surface area contributed by atoms with Crippen LogP contribution in [0.5, 0.6) is 0 Å². The van der Waals surface area contributed by atoms with Gasteiger partial charge in [-0.3, -0.25) is 9.69 Å². The first-order chi connectivity index (χ1) is 8.39. The molecule has 1 heterocycles. The fourth-order valence-electron chi connectivity index (χ4n) is 2.42. The maximum absolute atomic E-state index is 11.4. The number of primary amides is 1. The third kappa shape index (κ3) is 2.84. The van der Waals surface area contributed by atoms with E-state index in [0.717, 1.165) is 41.8 Å². The van der Waals surface area contributed by atoms with Gasteiger partial charge in [0.05, 0.1) is 5.41 Å². The van der Waals surface area contributed by atoms with Gasteiger partial charge in [0.25, 0.3) is 0 Å². The maximum atomic E-state index is 11.4. The first-order valence-electron chi connectivity index (χ1n) is 5.96. The average molecular weight is 312 g/mol. The monoisotopic (exact) mass is 311 g/mol. The topological polar surface area (TPSA) is 72.4 Å². The predicted molar refractivity (Wildman–Crippen MR) is 75.7 cm³/mol. The number of nitrogens with two attached hydrogens (primary N) is 2. The second kappa shape index (κ2) is 4.90. The molecule has 4 nitrogen and oxygen atoms in total. The first kappa shape index (κ1) is 13.4. The molecule has 0 aromatic heterocycles. The van der Waals surface area contributed by atoms with E-state index in [9.17, 15) is 4.79 Å². The molecule has 18 heavy (non-hydrogen) atoms. The summed E-state index contributed by atoms with van der Waals surface area (Å²) in [6, 6.07) is 5.89. The Kier molecular flexibility index (Phi) is 3.64. The molecule has 5 heteroatoms. The van der Waals surface area contributed by atoms with Crippen LogP contribution in [0.1, 0.15) is 18.9 Å². The molecule has 0 aliphatic carbocycles. The van der Waals surface area contributed by atoms with Gasteiger partial charge in [0, 0.05) is 23.2 Å². The summed E-state index contributed by atoms with van der Waals surface area (Å²) >= 11 is 3.44. The van der Waals surface area contributed by atoms with Gasteiger partial charge in [0.1, 0.15) is 0 Å². The van der Waals surface area contributed by atoms with Crippen molar-refractivity contribution >= 4 is 27.5 Å². The molecular formula is C13H18BrN3O. The standard InChI is InChI=1S/C13H18BrN3O/c1-13(12(16)18)2-3-17(8-13)7-9-4-10(14)6-11(15)5-9/h4-6H,2-3,7-8,15H2,1H3,(H2,16,18). The highest BCUT2D eigenvalue weighted by molar-refractivity contribution is 9.10. The molecule has 1 saturated heterocycles. The van der Waals surface area contributed by atoms with Crippen molar-refractivity contribution in [1.29, 1.82) is 0 Å². The molecule has 0 bridgehead atoms. The van der Waals surface area contributed by atoms with Crippen molar-refractivity contribution in [2.45, 2.75) is 19.9 Å². The van der Waals surface area contributed by atoms with Gasteiger partial charge in [-0.2, -0.15) is 0 Å². The number of benzene rings is 1. The van der Waals surface area contributed by atoms with Gasteiger partial charge in [-0.1, -0.05) is 15.9 Å². The van der Waals surface area contributed by atoms with E-state index in [4.69, 9.17) is 11.5 Å². The van der Waals surface area contributed by atoms with Crippen molar-refractivity contribution in [3.63, 3.8) is 0 Å². The Hall–Kier alpha value is -1.07. The summed E-state index contributed by atoms with van der Waals surface area (Å²) in [5.41, 5.74) is 12.8. The number of halogens is 1. The number of rotatable bonds is 3. The Bertz CT molecular complexity index is 457. The predicted octanol–water partition coefficient (Wildman–Crippen LogP) is 1.73. The fourth-order valence-corrected chi connectivity index (χ4v) is 2.98. The molecule has 0 saturated carbocycles. The molecule has 98 valence electrons. The van der Waals surface area contributed by atoms with Crippen LogP contribution < -0.4 is 11.5 Å². The van der Waals surface area contributed by atoms with E-state index in [1.807, 2.05) is 19.1 Å². The molecular weight excluding hydrogens is 294 g/mol. The number of carbonyl (C=O) groups is 1. The van der Waals surface area contributed by atoms with E-state index in [1.54, 1.807) is 0 Å². The first-order valence-corrected chi connectivity index (χ1v) is 6.75. The maximum Gasteiger partial charge on any atom is 0.224 e.